The molecule has 0 aliphatic heterocycles. The van der Waals surface area contributed by atoms with Crippen LogP contribution in [0.2, 0.25) is 0 Å². The summed E-state index contributed by atoms with van der Waals surface area (Å²) in [4.78, 5) is 10.3. The number of carboxylic acids is 1. The first-order valence-corrected chi connectivity index (χ1v) is 7.99. The van der Waals surface area contributed by atoms with Gasteiger partial charge in [-0.2, -0.15) is 0 Å². The Labute approximate surface area is 132 Å². The van der Waals surface area contributed by atoms with E-state index in [1.54, 1.807) is 0 Å². The van der Waals surface area contributed by atoms with E-state index in [4.69, 9.17) is 5.11 Å². The van der Waals surface area contributed by atoms with E-state index in [0.29, 0.717) is 0 Å². The Morgan fingerprint density at radius 1 is 1.11 bits per heavy atom. The second-order valence-corrected chi connectivity index (χ2v) is 6.50. The first-order valence-electron chi connectivity index (χ1n) is 5.61. The van der Waals surface area contributed by atoms with Gasteiger partial charge in [0.2, 0.25) is 0 Å². The Hall–Kier alpha value is -0.0700. The van der Waals surface area contributed by atoms with Crippen LogP contribution in [0.5, 0.6) is 0 Å². The topological polar surface area (TPSA) is 49.3 Å². The van der Waals surface area contributed by atoms with Gasteiger partial charge in [-0.05, 0) is 56.8 Å². The summed E-state index contributed by atoms with van der Waals surface area (Å²) in [5.41, 5.74) is 1.02. The molecule has 0 spiro atoms. The molecule has 0 aromatic heterocycles. The van der Waals surface area contributed by atoms with Crippen molar-refractivity contribution in [1.82, 2.24) is 0 Å². The summed E-state index contributed by atoms with van der Waals surface area (Å²) >= 11 is 10.4. The first-order chi connectivity index (χ1) is 8.50. The fourth-order valence-electron chi connectivity index (χ4n) is 1.50. The minimum Gasteiger partial charge on any atom is -0.481 e. The van der Waals surface area contributed by atoms with Crippen LogP contribution >= 0.6 is 47.8 Å². The zero-order valence-electron chi connectivity index (χ0n) is 9.68. The zero-order chi connectivity index (χ0) is 13.5. The van der Waals surface area contributed by atoms with Crippen molar-refractivity contribution in [3.05, 3.63) is 25.6 Å². The highest BCUT2D eigenvalue weighted by molar-refractivity contribution is 9.11. The van der Waals surface area contributed by atoms with E-state index >= 15 is 0 Å². The molecule has 6 heteroatoms. The van der Waals surface area contributed by atoms with Crippen LogP contribution in [0, 0.1) is 0 Å². The number of carbonyl (C=O) groups is 1. The molecular formula is C12H14Br3NO2. The van der Waals surface area contributed by atoms with E-state index in [2.05, 4.69) is 53.1 Å². The maximum atomic E-state index is 10.3. The van der Waals surface area contributed by atoms with Crippen LogP contribution in [0.1, 0.15) is 25.7 Å². The molecule has 18 heavy (non-hydrogen) atoms. The van der Waals surface area contributed by atoms with Crippen molar-refractivity contribution in [2.45, 2.75) is 25.7 Å². The minimum atomic E-state index is -0.721. The van der Waals surface area contributed by atoms with Gasteiger partial charge >= 0.3 is 5.97 Å². The Balaban J connectivity index is 2.33. The van der Waals surface area contributed by atoms with Gasteiger partial charge < -0.3 is 10.4 Å². The highest BCUT2D eigenvalue weighted by Crippen LogP contribution is 2.34. The van der Waals surface area contributed by atoms with E-state index in [-0.39, 0.29) is 6.42 Å². The number of carboxylic acid groups (broad SMARTS) is 1. The number of rotatable bonds is 7. The summed E-state index contributed by atoms with van der Waals surface area (Å²) in [5, 5.41) is 11.8. The van der Waals surface area contributed by atoms with Gasteiger partial charge in [0.15, 0.2) is 0 Å². The first kappa shape index (κ1) is 16.0. The average molecular weight is 444 g/mol. The quantitative estimate of drug-likeness (QED) is 0.581. The van der Waals surface area contributed by atoms with Gasteiger partial charge in [0.05, 0.1) is 5.69 Å². The molecule has 0 heterocycles. The maximum absolute atomic E-state index is 10.3. The van der Waals surface area contributed by atoms with Crippen LogP contribution in [0.25, 0.3) is 0 Å². The Morgan fingerprint density at radius 2 is 1.72 bits per heavy atom. The van der Waals surface area contributed by atoms with Gasteiger partial charge in [-0.1, -0.05) is 22.4 Å². The maximum Gasteiger partial charge on any atom is 0.303 e. The average Bonchev–Trinajstić information content (AvgIpc) is 2.25. The van der Waals surface area contributed by atoms with Gasteiger partial charge in [0.25, 0.3) is 0 Å². The molecule has 1 rings (SSSR count). The summed E-state index contributed by atoms with van der Waals surface area (Å²) in [6.45, 7) is 0.832. The lowest BCUT2D eigenvalue weighted by Crippen LogP contribution is -2.03. The summed E-state index contributed by atoms with van der Waals surface area (Å²) in [7, 11) is 0. The van der Waals surface area contributed by atoms with Crippen LogP contribution in [-0.2, 0) is 4.79 Å². The Kier molecular flexibility index (Phi) is 7.26. The summed E-state index contributed by atoms with van der Waals surface area (Å²) in [5.74, 6) is -0.721. The second-order valence-electron chi connectivity index (χ2n) is 3.88. The van der Waals surface area contributed by atoms with E-state index in [1.807, 2.05) is 12.1 Å². The fourth-order valence-corrected chi connectivity index (χ4v) is 4.04. The van der Waals surface area contributed by atoms with E-state index in [1.165, 1.54) is 0 Å². The molecule has 0 fully saturated rings. The zero-order valence-corrected chi connectivity index (χ0v) is 14.4. The number of hydrogen-bond donors (Lipinski definition) is 2. The fraction of sp³-hybridized carbons (Fsp3) is 0.417. The molecule has 0 aliphatic carbocycles. The molecule has 0 unspecified atom stereocenters. The predicted octanol–water partition coefficient (Wildman–Crippen LogP) is 5.03. The number of nitrogens with one attached hydrogen (secondary N) is 1. The molecule has 1 aromatic rings. The standard InChI is InChI=1S/C12H14Br3NO2/c13-8-6-9(14)12(10(15)7-8)16-5-3-1-2-4-11(17)18/h6-7,16H,1-5H2,(H,17,18). The van der Waals surface area contributed by atoms with Gasteiger partial charge in [0.1, 0.15) is 0 Å². The Bertz CT molecular complexity index is 401. The molecule has 0 amide bonds. The van der Waals surface area contributed by atoms with Gasteiger partial charge in [-0.3, -0.25) is 4.79 Å². The molecule has 0 atom stereocenters. The van der Waals surface area contributed by atoms with E-state index in [0.717, 1.165) is 44.9 Å². The lowest BCUT2D eigenvalue weighted by molar-refractivity contribution is -0.137. The monoisotopic (exact) mass is 441 g/mol. The molecule has 0 bridgehead atoms. The summed E-state index contributed by atoms with van der Waals surface area (Å²) in [6.07, 6.45) is 2.87. The number of benzene rings is 1. The van der Waals surface area contributed by atoms with Crippen LogP contribution in [0.4, 0.5) is 5.69 Å². The lowest BCUT2D eigenvalue weighted by Gasteiger charge is -2.11. The largest absolute Gasteiger partial charge is 0.481 e. The number of unbranched alkanes of at least 4 members (excludes halogenated alkanes) is 2. The third kappa shape index (κ3) is 5.71. The minimum absolute atomic E-state index is 0.256. The highest BCUT2D eigenvalue weighted by Gasteiger charge is 2.06. The molecule has 0 saturated carbocycles. The molecule has 1 aromatic carbocycles. The number of aliphatic carboxylic acids is 1. The predicted molar refractivity (Wildman–Crippen MR) is 84.1 cm³/mol. The lowest BCUT2D eigenvalue weighted by atomic mass is 10.2. The third-order valence-electron chi connectivity index (χ3n) is 2.38. The number of halogens is 3. The van der Waals surface area contributed by atoms with Crippen LogP contribution < -0.4 is 5.32 Å². The molecule has 0 radical (unpaired) electrons. The van der Waals surface area contributed by atoms with Crippen molar-refractivity contribution in [2.24, 2.45) is 0 Å². The van der Waals surface area contributed by atoms with E-state index in [9.17, 15) is 4.79 Å². The van der Waals surface area contributed by atoms with Gasteiger partial charge in [-0.15, -0.1) is 0 Å². The van der Waals surface area contributed by atoms with Gasteiger partial charge in [-0.25, -0.2) is 0 Å². The Morgan fingerprint density at radius 3 is 2.28 bits per heavy atom. The molecule has 2 N–H and O–H groups in total. The van der Waals surface area contributed by atoms with Crippen molar-refractivity contribution >= 4 is 59.4 Å². The van der Waals surface area contributed by atoms with Crippen LogP contribution in [0.3, 0.4) is 0 Å². The molecule has 0 saturated heterocycles. The molecule has 100 valence electrons. The number of anilines is 1. The van der Waals surface area contributed by atoms with Crippen LogP contribution in [0.15, 0.2) is 25.6 Å². The summed E-state index contributed by atoms with van der Waals surface area (Å²) < 4.78 is 3.00. The second kappa shape index (κ2) is 8.17. The van der Waals surface area contributed by atoms with Crippen molar-refractivity contribution in [3.63, 3.8) is 0 Å². The highest BCUT2D eigenvalue weighted by atomic mass is 79.9. The SMILES string of the molecule is O=C(O)CCCCCNc1c(Br)cc(Br)cc1Br. The molecule has 0 aliphatic rings. The van der Waals surface area contributed by atoms with Crippen molar-refractivity contribution in [2.75, 3.05) is 11.9 Å². The summed E-state index contributed by atoms with van der Waals surface area (Å²) in [6, 6.07) is 3.97. The van der Waals surface area contributed by atoms with E-state index < -0.39 is 5.97 Å². The van der Waals surface area contributed by atoms with Crippen molar-refractivity contribution in [1.29, 1.82) is 0 Å². The molecular weight excluding hydrogens is 430 g/mol. The molecule has 3 nitrogen and oxygen atoms in total. The van der Waals surface area contributed by atoms with Crippen LogP contribution in [-0.4, -0.2) is 17.6 Å². The third-order valence-corrected chi connectivity index (χ3v) is 4.08. The van der Waals surface area contributed by atoms with Crippen molar-refractivity contribution < 1.29 is 9.90 Å². The number of hydrogen-bond acceptors (Lipinski definition) is 2. The smallest absolute Gasteiger partial charge is 0.303 e. The van der Waals surface area contributed by atoms with Gasteiger partial charge in [0, 0.05) is 26.4 Å². The normalized spacial score (nSPS) is 10.4. The van der Waals surface area contributed by atoms with Crippen molar-refractivity contribution in [3.8, 4) is 0 Å².